The average molecular weight is 218 g/mol. The van der Waals surface area contributed by atoms with Crippen LogP contribution in [0.3, 0.4) is 0 Å². The number of aryl methyl sites for hydroxylation is 1. The van der Waals surface area contributed by atoms with Crippen molar-refractivity contribution in [2.75, 3.05) is 0 Å². The Labute approximate surface area is 93.9 Å². The zero-order valence-electron chi connectivity index (χ0n) is 9.34. The van der Waals surface area contributed by atoms with Gasteiger partial charge in [-0.05, 0) is 25.0 Å². The van der Waals surface area contributed by atoms with E-state index in [0.717, 1.165) is 5.56 Å². The van der Waals surface area contributed by atoms with Gasteiger partial charge in [0, 0.05) is 0 Å². The van der Waals surface area contributed by atoms with Crippen LogP contribution in [0.15, 0.2) is 28.8 Å². The van der Waals surface area contributed by atoms with Crippen LogP contribution in [-0.2, 0) is 6.42 Å². The van der Waals surface area contributed by atoms with E-state index in [9.17, 15) is 5.11 Å². The number of aliphatic hydroxyl groups excluding tert-OH is 1. The van der Waals surface area contributed by atoms with E-state index in [1.807, 2.05) is 31.2 Å². The summed E-state index contributed by atoms with van der Waals surface area (Å²) in [4.78, 5) is 4.12. The number of benzene rings is 1. The number of aromatic nitrogens is 2. The lowest BCUT2D eigenvalue weighted by molar-refractivity contribution is 0.184. The summed E-state index contributed by atoms with van der Waals surface area (Å²) in [5.41, 5.74) is 2.35. The maximum Gasteiger partial charge on any atom is 0.231 e. The first-order valence-electron chi connectivity index (χ1n) is 5.22. The highest BCUT2D eigenvalue weighted by atomic mass is 16.5. The van der Waals surface area contributed by atoms with Crippen molar-refractivity contribution in [1.82, 2.24) is 10.1 Å². The molecule has 1 heterocycles. The van der Waals surface area contributed by atoms with Crippen molar-refractivity contribution in [3.05, 3.63) is 47.1 Å². The fraction of sp³-hybridized carbons (Fsp3) is 0.333. The highest BCUT2D eigenvalue weighted by Gasteiger charge is 2.11. The quantitative estimate of drug-likeness (QED) is 0.856. The monoisotopic (exact) mass is 218 g/mol. The molecule has 1 atom stereocenters. The largest absolute Gasteiger partial charge is 0.385 e. The van der Waals surface area contributed by atoms with Gasteiger partial charge >= 0.3 is 0 Å². The summed E-state index contributed by atoms with van der Waals surface area (Å²) in [6, 6.07) is 8.05. The van der Waals surface area contributed by atoms with Crippen molar-refractivity contribution in [2.45, 2.75) is 26.4 Å². The molecule has 2 rings (SSSR count). The van der Waals surface area contributed by atoms with Gasteiger partial charge in [0.2, 0.25) is 5.89 Å². The first-order valence-corrected chi connectivity index (χ1v) is 5.22. The molecule has 0 fully saturated rings. The second-order valence-corrected chi connectivity index (χ2v) is 3.83. The van der Waals surface area contributed by atoms with Gasteiger partial charge in [-0.15, -0.1) is 0 Å². The Hall–Kier alpha value is -1.68. The molecule has 2 aromatic rings. The Balaban J connectivity index is 2.18. The van der Waals surface area contributed by atoms with Crippen molar-refractivity contribution in [1.29, 1.82) is 0 Å². The number of rotatable bonds is 3. The Morgan fingerprint density at radius 2 is 2.12 bits per heavy atom. The zero-order chi connectivity index (χ0) is 11.5. The Morgan fingerprint density at radius 1 is 1.38 bits per heavy atom. The normalized spacial score (nSPS) is 12.7. The van der Waals surface area contributed by atoms with Crippen LogP contribution in [0, 0.1) is 6.92 Å². The Kier molecular flexibility index (Phi) is 3.01. The van der Waals surface area contributed by atoms with Crippen LogP contribution < -0.4 is 0 Å². The molecular formula is C12H14N2O2. The minimum Gasteiger partial charge on any atom is -0.385 e. The predicted octanol–water partition coefficient (Wildman–Crippen LogP) is 2.02. The van der Waals surface area contributed by atoms with Crippen LogP contribution in [0.5, 0.6) is 0 Å². The third-order valence-corrected chi connectivity index (χ3v) is 2.46. The van der Waals surface area contributed by atoms with Gasteiger partial charge in [-0.3, -0.25) is 0 Å². The van der Waals surface area contributed by atoms with E-state index in [0.29, 0.717) is 18.1 Å². The van der Waals surface area contributed by atoms with Gasteiger partial charge in [0.05, 0.1) is 6.42 Å². The maximum atomic E-state index is 9.27. The molecule has 0 aliphatic heterocycles. The SMILES string of the molecule is Cc1ccccc1Cc1nc(C(C)O)no1. The van der Waals surface area contributed by atoms with Gasteiger partial charge in [0.15, 0.2) is 5.82 Å². The van der Waals surface area contributed by atoms with E-state index < -0.39 is 6.10 Å². The van der Waals surface area contributed by atoms with Gasteiger partial charge in [0.1, 0.15) is 6.10 Å². The van der Waals surface area contributed by atoms with Gasteiger partial charge in [-0.2, -0.15) is 4.98 Å². The van der Waals surface area contributed by atoms with Gasteiger partial charge in [-0.25, -0.2) is 0 Å². The summed E-state index contributed by atoms with van der Waals surface area (Å²) < 4.78 is 5.06. The minimum absolute atomic E-state index is 0.337. The van der Waals surface area contributed by atoms with Crippen molar-refractivity contribution in [2.24, 2.45) is 0 Å². The lowest BCUT2D eigenvalue weighted by Crippen LogP contribution is -1.95. The summed E-state index contributed by atoms with van der Waals surface area (Å²) in [7, 11) is 0. The molecule has 0 saturated heterocycles. The van der Waals surface area contributed by atoms with E-state index in [1.165, 1.54) is 5.56 Å². The number of aliphatic hydroxyl groups is 1. The summed E-state index contributed by atoms with van der Waals surface area (Å²) in [6.45, 7) is 3.66. The molecule has 1 aromatic heterocycles. The topological polar surface area (TPSA) is 59.2 Å². The van der Waals surface area contributed by atoms with Gasteiger partial charge < -0.3 is 9.63 Å². The summed E-state index contributed by atoms with van der Waals surface area (Å²) in [5, 5.41) is 13.0. The van der Waals surface area contributed by atoms with E-state index >= 15 is 0 Å². The average Bonchev–Trinajstić information content (AvgIpc) is 2.70. The van der Waals surface area contributed by atoms with Crippen LogP contribution in [0.25, 0.3) is 0 Å². The van der Waals surface area contributed by atoms with E-state index in [1.54, 1.807) is 6.92 Å². The van der Waals surface area contributed by atoms with Crippen molar-refractivity contribution in [3.63, 3.8) is 0 Å². The van der Waals surface area contributed by atoms with Crippen LogP contribution in [0.4, 0.5) is 0 Å². The first kappa shape index (κ1) is 10.8. The minimum atomic E-state index is -0.686. The number of hydrogen-bond donors (Lipinski definition) is 1. The molecular weight excluding hydrogens is 204 g/mol. The molecule has 0 bridgehead atoms. The molecule has 4 heteroatoms. The van der Waals surface area contributed by atoms with Crippen molar-refractivity contribution >= 4 is 0 Å². The van der Waals surface area contributed by atoms with Crippen molar-refractivity contribution in [3.8, 4) is 0 Å². The Bertz CT molecular complexity index is 477. The summed E-state index contributed by atoms with van der Waals surface area (Å²) in [6.07, 6.45) is -0.0822. The summed E-state index contributed by atoms with van der Waals surface area (Å²) in [5.74, 6) is 0.869. The third kappa shape index (κ3) is 2.28. The van der Waals surface area contributed by atoms with Crippen LogP contribution in [0.1, 0.15) is 35.9 Å². The number of hydrogen-bond acceptors (Lipinski definition) is 4. The van der Waals surface area contributed by atoms with E-state index in [-0.39, 0.29) is 0 Å². The standard InChI is InChI=1S/C12H14N2O2/c1-8-5-3-4-6-10(8)7-11-13-12(9(2)15)14-16-11/h3-6,9,15H,7H2,1-2H3. The molecule has 84 valence electrons. The second kappa shape index (κ2) is 4.45. The third-order valence-electron chi connectivity index (χ3n) is 2.46. The molecule has 0 saturated carbocycles. The highest BCUT2D eigenvalue weighted by Crippen LogP contribution is 2.14. The van der Waals surface area contributed by atoms with Gasteiger partial charge in [-0.1, -0.05) is 29.4 Å². The van der Waals surface area contributed by atoms with E-state index in [2.05, 4.69) is 10.1 Å². The van der Waals surface area contributed by atoms with Crippen LogP contribution in [0.2, 0.25) is 0 Å². The molecule has 0 spiro atoms. The molecule has 0 aliphatic rings. The second-order valence-electron chi connectivity index (χ2n) is 3.83. The molecule has 1 N–H and O–H groups in total. The zero-order valence-corrected chi connectivity index (χ0v) is 9.34. The maximum absolute atomic E-state index is 9.27. The molecule has 16 heavy (non-hydrogen) atoms. The van der Waals surface area contributed by atoms with Crippen LogP contribution >= 0.6 is 0 Å². The fourth-order valence-corrected chi connectivity index (χ4v) is 1.48. The molecule has 4 nitrogen and oxygen atoms in total. The molecule has 1 unspecified atom stereocenters. The number of nitrogens with zero attached hydrogens (tertiary/aromatic N) is 2. The van der Waals surface area contributed by atoms with E-state index in [4.69, 9.17) is 4.52 Å². The lowest BCUT2D eigenvalue weighted by atomic mass is 10.1. The fourth-order valence-electron chi connectivity index (χ4n) is 1.48. The van der Waals surface area contributed by atoms with Crippen LogP contribution in [-0.4, -0.2) is 15.2 Å². The predicted molar refractivity (Wildman–Crippen MR) is 58.9 cm³/mol. The highest BCUT2D eigenvalue weighted by molar-refractivity contribution is 5.27. The summed E-state index contributed by atoms with van der Waals surface area (Å²) >= 11 is 0. The molecule has 0 aliphatic carbocycles. The van der Waals surface area contributed by atoms with Gasteiger partial charge in [0.25, 0.3) is 0 Å². The molecule has 1 aromatic carbocycles. The van der Waals surface area contributed by atoms with Crippen molar-refractivity contribution < 1.29 is 9.63 Å². The lowest BCUT2D eigenvalue weighted by Gasteiger charge is -2.00. The Morgan fingerprint density at radius 3 is 2.75 bits per heavy atom. The molecule has 0 amide bonds. The molecule has 0 radical (unpaired) electrons. The first-order chi connectivity index (χ1) is 7.66. The smallest absolute Gasteiger partial charge is 0.231 e.